The zero-order valence-electron chi connectivity index (χ0n) is 17.1. The Hall–Kier alpha value is -0.870. The number of aliphatic hydroxyl groups is 1. The molecule has 0 bridgehead atoms. The average Bonchev–Trinajstić information content (AvgIpc) is 2.64. The molecule has 0 aliphatic carbocycles. The maximum Gasteiger partial charge on any atom is 0.305 e. The van der Waals surface area contributed by atoms with Gasteiger partial charge in [0.15, 0.2) is 0 Å². The Balaban J connectivity index is 3.18. The van der Waals surface area contributed by atoms with E-state index in [4.69, 9.17) is 9.84 Å². The smallest absolute Gasteiger partial charge is 0.305 e. The highest BCUT2D eigenvalue weighted by molar-refractivity contribution is 5.69. The fraction of sp³-hybridized carbons (Fsp3) is 0.864. The number of aliphatic hydroxyl groups excluding tert-OH is 1. The highest BCUT2D eigenvalue weighted by atomic mass is 16.5. The normalized spacial score (nSPS) is 11.3. The van der Waals surface area contributed by atoms with Crippen molar-refractivity contribution < 1.29 is 14.6 Å². The van der Waals surface area contributed by atoms with Crippen LogP contribution in [0.15, 0.2) is 12.2 Å². The number of esters is 1. The van der Waals surface area contributed by atoms with Gasteiger partial charge in [0.1, 0.15) is 6.61 Å². The van der Waals surface area contributed by atoms with E-state index in [0.717, 1.165) is 12.8 Å². The number of carbonyl (C=O) groups excluding carboxylic acids is 1. The predicted molar refractivity (Wildman–Crippen MR) is 110 cm³/mol. The Labute approximate surface area is 161 Å². The summed E-state index contributed by atoms with van der Waals surface area (Å²) in [7, 11) is 0. The van der Waals surface area contributed by atoms with E-state index in [1.54, 1.807) is 0 Å². The Morgan fingerprint density at radius 1 is 0.846 bits per heavy atom. The lowest BCUT2D eigenvalue weighted by atomic mass is 10.1. The van der Waals surface area contributed by atoms with Crippen molar-refractivity contribution in [2.24, 2.45) is 0 Å². The number of unbranched alkanes of at least 4 members (excludes halogenated alkanes) is 11. The molecule has 0 atom stereocenters. The van der Waals surface area contributed by atoms with Gasteiger partial charge in [-0.3, -0.25) is 4.79 Å². The molecule has 4 heteroatoms. The van der Waals surface area contributed by atoms with Gasteiger partial charge in [-0.15, -0.1) is 0 Å². The third-order valence-corrected chi connectivity index (χ3v) is 4.47. The van der Waals surface area contributed by atoms with Crippen LogP contribution in [0.25, 0.3) is 0 Å². The van der Waals surface area contributed by atoms with Crippen LogP contribution in [0.2, 0.25) is 0 Å². The zero-order valence-corrected chi connectivity index (χ0v) is 17.1. The average molecular weight is 370 g/mol. The van der Waals surface area contributed by atoms with Gasteiger partial charge in [-0.1, -0.05) is 70.4 Å². The molecule has 26 heavy (non-hydrogen) atoms. The van der Waals surface area contributed by atoms with Crippen LogP contribution in [0, 0.1) is 0 Å². The quantitative estimate of drug-likeness (QED) is 0.177. The van der Waals surface area contributed by atoms with Crippen LogP contribution >= 0.6 is 0 Å². The monoisotopic (exact) mass is 369 g/mol. The molecule has 0 aromatic rings. The van der Waals surface area contributed by atoms with E-state index in [0.29, 0.717) is 26.1 Å². The second-order valence-corrected chi connectivity index (χ2v) is 7.03. The maximum atomic E-state index is 11.5. The minimum absolute atomic E-state index is 0.103. The minimum atomic E-state index is -0.103. The molecule has 0 unspecified atom stereocenters. The molecule has 0 fully saturated rings. The number of carbonyl (C=O) groups is 1. The van der Waals surface area contributed by atoms with Crippen molar-refractivity contribution in [1.29, 1.82) is 0 Å². The minimum Gasteiger partial charge on any atom is -0.464 e. The van der Waals surface area contributed by atoms with Crippen LogP contribution in [0.3, 0.4) is 0 Å². The Kier molecular flexibility index (Phi) is 21.4. The summed E-state index contributed by atoms with van der Waals surface area (Å²) in [5, 5.41) is 11.6. The topological polar surface area (TPSA) is 58.6 Å². The van der Waals surface area contributed by atoms with E-state index in [2.05, 4.69) is 24.4 Å². The van der Waals surface area contributed by atoms with E-state index in [-0.39, 0.29) is 12.6 Å². The first-order valence-corrected chi connectivity index (χ1v) is 10.9. The summed E-state index contributed by atoms with van der Waals surface area (Å²) in [6, 6.07) is 0. The maximum absolute atomic E-state index is 11.5. The van der Waals surface area contributed by atoms with Crippen molar-refractivity contribution in [2.75, 3.05) is 26.3 Å². The molecule has 0 radical (unpaired) electrons. The van der Waals surface area contributed by atoms with Crippen LogP contribution in [0.5, 0.6) is 0 Å². The molecule has 154 valence electrons. The van der Waals surface area contributed by atoms with E-state index in [1.807, 2.05) is 0 Å². The van der Waals surface area contributed by atoms with Crippen LogP contribution in [-0.2, 0) is 9.53 Å². The summed E-state index contributed by atoms with van der Waals surface area (Å²) in [5.41, 5.74) is 0. The molecule has 0 spiro atoms. The van der Waals surface area contributed by atoms with Crippen molar-refractivity contribution in [3.05, 3.63) is 12.2 Å². The molecule has 0 aliphatic rings. The highest BCUT2D eigenvalue weighted by Gasteiger charge is 2.01. The van der Waals surface area contributed by atoms with Crippen molar-refractivity contribution in [3.63, 3.8) is 0 Å². The lowest BCUT2D eigenvalue weighted by molar-refractivity contribution is -0.143. The summed E-state index contributed by atoms with van der Waals surface area (Å²) >= 11 is 0. The van der Waals surface area contributed by atoms with Gasteiger partial charge in [0.25, 0.3) is 0 Å². The second-order valence-electron chi connectivity index (χ2n) is 7.03. The van der Waals surface area contributed by atoms with Gasteiger partial charge in [0, 0.05) is 19.5 Å². The van der Waals surface area contributed by atoms with Crippen molar-refractivity contribution in [3.8, 4) is 0 Å². The number of ether oxygens (including phenoxy) is 1. The van der Waals surface area contributed by atoms with Gasteiger partial charge in [-0.05, 0) is 32.1 Å². The van der Waals surface area contributed by atoms with E-state index in [9.17, 15) is 4.79 Å². The van der Waals surface area contributed by atoms with Gasteiger partial charge in [-0.2, -0.15) is 0 Å². The first-order chi connectivity index (χ1) is 12.8. The van der Waals surface area contributed by atoms with E-state index >= 15 is 0 Å². The van der Waals surface area contributed by atoms with Crippen LogP contribution in [-0.4, -0.2) is 37.4 Å². The Morgan fingerprint density at radius 3 is 2.04 bits per heavy atom. The lowest BCUT2D eigenvalue weighted by Crippen LogP contribution is -2.24. The van der Waals surface area contributed by atoms with Gasteiger partial charge in [-0.25, -0.2) is 0 Å². The van der Waals surface area contributed by atoms with Crippen LogP contribution < -0.4 is 5.32 Å². The van der Waals surface area contributed by atoms with E-state index < -0.39 is 0 Å². The molecule has 0 saturated heterocycles. The van der Waals surface area contributed by atoms with Crippen molar-refractivity contribution in [2.45, 2.75) is 96.8 Å². The standard InChI is InChI=1S/C22H43NO3/c1-2-3-4-5-6-7-8-9-10-11-12-13-14-15-16-17-22(25)26-21-19-23-18-20-24/h9-10,23-24H,2-8,11-21H2,1H3/b10-9-. The van der Waals surface area contributed by atoms with E-state index in [1.165, 1.54) is 70.6 Å². The molecule has 0 aromatic heterocycles. The summed E-state index contributed by atoms with van der Waals surface area (Å²) < 4.78 is 5.12. The summed E-state index contributed by atoms with van der Waals surface area (Å²) in [6.45, 7) is 3.93. The molecule has 0 amide bonds. The van der Waals surface area contributed by atoms with Gasteiger partial charge in [0.05, 0.1) is 6.61 Å². The van der Waals surface area contributed by atoms with Crippen molar-refractivity contribution >= 4 is 5.97 Å². The summed E-state index contributed by atoms with van der Waals surface area (Å²) in [4.78, 5) is 11.5. The largest absolute Gasteiger partial charge is 0.464 e. The first kappa shape index (κ1) is 25.1. The number of nitrogens with one attached hydrogen (secondary N) is 1. The molecule has 0 rings (SSSR count). The third-order valence-electron chi connectivity index (χ3n) is 4.47. The van der Waals surface area contributed by atoms with Crippen LogP contribution in [0.1, 0.15) is 96.8 Å². The second kappa shape index (κ2) is 22.2. The number of hydrogen-bond acceptors (Lipinski definition) is 4. The van der Waals surface area contributed by atoms with Crippen LogP contribution in [0.4, 0.5) is 0 Å². The molecule has 4 nitrogen and oxygen atoms in total. The molecular formula is C22H43NO3. The highest BCUT2D eigenvalue weighted by Crippen LogP contribution is 2.10. The first-order valence-electron chi connectivity index (χ1n) is 10.9. The van der Waals surface area contributed by atoms with Gasteiger partial charge >= 0.3 is 5.97 Å². The zero-order chi connectivity index (χ0) is 19.1. The Bertz CT molecular complexity index is 319. The summed E-state index contributed by atoms with van der Waals surface area (Å²) in [5.74, 6) is -0.103. The number of rotatable bonds is 20. The predicted octanol–water partition coefficient (Wildman–Crippen LogP) is 5.15. The third kappa shape index (κ3) is 21.2. The molecule has 2 N–H and O–H groups in total. The van der Waals surface area contributed by atoms with Gasteiger partial charge < -0.3 is 15.2 Å². The number of hydrogen-bond donors (Lipinski definition) is 2. The van der Waals surface area contributed by atoms with Crippen molar-refractivity contribution in [1.82, 2.24) is 5.32 Å². The molecule has 0 aliphatic heterocycles. The Morgan fingerprint density at radius 2 is 1.42 bits per heavy atom. The van der Waals surface area contributed by atoms with Gasteiger partial charge in [0.2, 0.25) is 0 Å². The molecule has 0 saturated carbocycles. The summed E-state index contributed by atoms with van der Waals surface area (Å²) in [6.07, 6.45) is 21.6. The fourth-order valence-corrected chi connectivity index (χ4v) is 2.85. The molecule has 0 aromatic carbocycles. The molecule has 0 heterocycles. The fourth-order valence-electron chi connectivity index (χ4n) is 2.85. The SMILES string of the molecule is CCCCCCCC/C=C\CCCCCCCC(=O)OCCNCCO. The number of allylic oxidation sites excluding steroid dienone is 2. The lowest BCUT2D eigenvalue weighted by Gasteiger charge is -2.05. The molecular weight excluding hydrogens is 326 g/mol.